The van der Waals surface area contributed by atoms with Crippen LogP contribution in [0.15, 0.2) is 54.9 Å². The molecule has 0 saturated carbocycles. The van der Waals surface area contributed by atoms with E-state index in [0.29, 0.717) is 24.4 Å². The molecule has 6 heterocycles. The van der Waals surface area contributed by atoms with Gasteiger partial charge in [0, 0.05) is 75.2 Å². The molecule has 11 nitrogen and oxygen atoms in total. The Bertz CT molecular complexity index is 1700. The van der Waals surface area contributed by atoms with Crippen LogP contribution in [0.5, 0.6) is 5.75 Å². The maximum Gasteiger partial charge on any atom is 0.255 e. The van der Waals surface area contributed by atoms with Crippen LogP contribution in [0, 0.1) is 5.92 Å². The Kier molecular flexibility index (Phi) is 7.12. The molecule has 8 rings (SSSR count). The number of nitrogens with one attached hydrogen (secondary N) is 1. The second kappa shape index (κ2) is 11.4. The van der Waals surface area contributed by atoms with Gasteiger partial charge in [0.15, 0.2) is 0 Å². The summed E-state index contributed by atoms with van der Waals surface area (Å²) >= 11 is 0. The topological polar surface area (TPSA) is 117 Å². The van der Waals surface area contributed by atoms with Crippen LogP contribution >= 0.6 is 0 Å². The number of rotatable bonds is 7. The summed E-state index contributed by atoms with van der Waals surface area (Å²) in [4.78, 5) is 52.7. The summed E-state index contributed by atoms with van der Waals surface area (Å²) in [6.45, 7) is 4.78. The van der Waals surface area contributed by atoms with Gasteiger partial charge in [-0.2, -0.15) is 0 Å². The minimum absolute atomic E-state index is 0.0486. The Morgan fingerprint density at radius 2 is 1.96 bits per heavy atom. The zero-order chi connectivity index (χ0) is 30.5. The van der Waals surface area contributed by atoms with Crippen molar-refractivity contribution in [1.29, 1.82) is 0 Å². The lowest BCUT2D eigenvalue weighted by atomic mass is 10.00. The van der Waals surface area contributed by atoms with Gasteiger partial charge in [-0.3, -0.25) is 24.6 Å². The van der Waals surface area contributed by atoms with E-state index in [0.717, 1.165) is 80.2 Å². The van der Waals surface area contributed by atoms with E-state index in [1.165, 1.54) is 5.56 Å². The molecule has 3 fully saturated rings. The molecule has 232 valence electrons. The number of carbonyl (C=O) groups is 3. The van der Waals surface area contributed by atoms with Crippen molar-refractivity contribution < 1.29 is 23.9 Å². The first-order chi connectivity index (χ1) is 22.0. The van der Waals surface area contributed by atoms with Crippen LogP contribution in [0.2, 0.25) is 0 Å². The lowest BCUT2D eigenvalue weighted by Crippen LogP contribution is -2.52. The second-order valence-electron chi connectivity index (χ2n) is 12.8. The third kappa shape index (κ3) is 5.50. The predicted molar refractivity (Wildman–Crippen MR) is 165 cm³/mol. The van der Waals surface area contributed by atoms with E-state index >= 15 is 0 Å². The van der Waals surface area contributed by atoms with Crippen LogP contribution in [-0.4, -0.2) is 81.9 Å². The highest BCUT2D eigenvalue weighted by Gasteiger charge is 2.39. The molecular formula is C34H36N6O5. The Hall–Kier alpha value is -4.51. The molecule has 5 aliphatic heterocycles. The smallest absolute Gasteiger partial charge is 0.255 e. The lowest BCUT2D eigenvalue weighted by Gasteiger charge is -2.29. The van der Waals surface area contributed by atoms with Crippen molar-refractivity contribution in [3.05, 3.63) is 71.6 Å². The molecule has 1 N–H and O–H groups in total. The number of piperidine rings is 1. The number of ether oxygens (including phenoxy) is 2. The molecule has 3 saturated heterocycles. The molecule has 0 aliphatic carbocycles. The molecule has 4 atom stereocenters. The van der Waals surface area contributed by atoms with Crippen molar-refractivity contribution in [3.63, 3.8) is 0 Å². The Labute approximate surface area is 261 Å². The molecular weight excluding hydrogens is 572 g/mol. The molecule has 2 unspecified atom stereocenters. The van der Waals surface area contributed by atoms with Gasteiger partial charge in [-0.1, -0.05) is 6.07 Å². The SMILES string of the molecule is O=C1CCC(N2Cc3cc(O[C@H]4CCN(Cc5ccc6nc(N7CC[C@H](C8CC=CO8)C7)ncc6c5)C4)ccc3C2=O)C(=O)N1. The van der Waals surface area contributed by atoms with Crippen molar-refractivity contribution in [3.8, 4) is 5.75 Å². The van der Waals surface area contributed by atoms with Crippen LogP contribution < -0.4 is 15.0 Å². The van der Waals surface area contributed by atoms with E-state index in [-0.39, 0.29) is 30.4 Å². The summed E-state index contributed by atoms with van der Waals surface area (Å²) in [5.41, 5.74) is 3.62. The number of likely N-dealkylation sites (tertiary alicyclic amines) is 1. The van der Waals surface area contributed by atoms with Gasteiger partial charge in [-0.25, -0.2) is 9.97 Å². The van der Waals surface area contributed by atoms with E-state index in [4.69, 9.17) is 19.4 Å². The number of hydrogen-bond acceptors (Lipinski definition) is 9. The predicted octanol–water partition coefficient (Wildman–Crippen LogP) is 3.17. The zero-order valence-corrected chi connectivity index (χ0v) is 25.1. The van der Waals surface area contributed by atoms with Gasteiger partial charge in [0.25, 0.3) is 5.91 Å². The largest absolute Gasteiger partial charge is 0.498 e. The molecule has 45 heavy (non-hydrogen) atoms. The minimum Gasteiger partial charge on any atom is -0.498 e. The average molecular weight is 609 g/mol. The monoisotopic (exact) mass is 608 g/mol. The fraction of sp³-hybridized carbons (Fsp3) is 0.441. The van der Waals surface area contributed by atoms with E-state index in [1.807, 2.05) is 24.6 Å². The summed E-state index contributed by atoms with van der Waals surface area (Å²) in [5.74, 6) is 1.17. The molecule has 0 bridgehead atoms. The highest BCUT2D eigenvalue weighted by molar-refractivity contribution is 6.05. The molecule has 0 spiro atoms. The summed E-state index contributed by atoms with van der Waals surface area (Å²) < 4.78 is 12.1. The Morgan fingerprint density at radius 3 is 2.82 bits per heavy atom. The maximum absolute atomic E-state index is 13.0. The standard InChI is InChI=1S/C34H36N6O5/c41-31-8-7-29(32(42)37-31)40-19-24-15-25(4-5-27(24)33(40)43)45-26-10-11-38(20-26)17-21-3-6-28-23(14-21)16-35-34(36-28)39-12-9-22(18-39)30-2-1-13-44-30/h1,3-6,13-16,22,26,29-30H,2,7-12,17-20H2,(H,37,41,42)/t22-,26-,29?,30?/m0/s1. The third-order valence-corrected chi connectivity index (χ3v) is 9.82. The van der Waals surface area contributed by atoms with E-state index in [9.17, 15) is 14.4 Å². The molecule has 3 aromatic rings. The average Bonchev–Trinajstić information content (AvgIpc) is 3.85. The lowest BCUT2D eigenvalue weighted by molar-refractivity contribution is -0.136. The van der Waals surface area contributed by atoms with Gasteiger partial charge in [-0.05, 0) is 66.8 Å². The molecule has 11 heteroatoms. The summed E-state index contributed by atoms with van der Waals surface area (Å²) in [6, 6.07) is 11.4. The molecule has 0 radical (unpaired) electrons. The summed E-state index contributed by atoms with van der Waals surface area (Å²) in [6.07, 6.45) is 9.80. The van der Waals surface area contributed by atoms with Gasteiger partial charge in [0.05, 0.1) is 11.8 Å². The van der Waals surface area contributed by atoms with Crippen LogP contribution in [0.4, 0.5) is 5.95 Å². The normalized spacial score (nSPS) is 26.5. The van der Waals surface area contributed by atoms with E-state index in [1.54, 1.807) is 11.0 Å². The van der Waals surface area contributed by atoms with Crippen molar-refractivity contribution >= 4 is 34.6 Å². The quantitative estimate of drug-likeness (QED) is 0.404. The molecule has 1 aromatic heterocycles. The van der Waals surface area contributed by atoms with E-state index < -0.39 is 11.9 Å². The van der Waals surface area contributed by atoms with Gasteiger partial charge < -0.3 is 19.3 Å². The fourth-order valence-corrected chi connectivity index (χ4v) is 7.41. The second-order valence-corrected chi connectivity index (χ2v) is 12.8. The van der Waals surface area contributed by atoms with Gasteiger partial charge in [0.1, 0.15) is 24.0 Å². The zero-order valence-electron chi connectivity index (χ0n) is 25.1. The number of benzene rings is 2. The van der Waals surface area contributed by atoms with Crippen LogP contribution in [0.3, 0.4) is 0 Å². The minimum atomic E-state index is -0.619. The number of imide groups is 1. The number of fused-ring (bicyclic) bond motifs is 2. The number of amides is 3. The van der Waals surface area contributed by atoms with Gasteiger partial charge in [0.2, 0.25) is 17.8 Å². The van der Waals surface area contributed by atoms with Crippen LogP contribution in [0.25, 0.3) is 10.9 Å². The summed E-state index contributed by atoms with van der Waals surface area (Å²) in [7, 11) is 0. The fourth-order valence-electron chi connectivity index (χ4n) is 7.41. The third-order valence-electron chi connectivity index (χ3n) is 9.82. The first kappa shape index (κ1) is 28.0. The van der Waals surface area contributed by atoms with Crippen molar-refractivity contribution in [2.24, 2.45) is 5.92 Å². The molecule has 2 aromatic carbocycles. The van der Waals surface area contributed by atoms with E-state index in [2.05, 4.69) is 39.4 Å². The highest BCUT2D eigenvalue weighted by atomic mass is 16.5. The van der Waals surface area contributed by atoms with Crippen LogP contribution in [-0.2, 0) is 27.4 Å². The number of nitrogens with zero attached hydrogens (tertiary/aromatic N) is 5. The first-order valence-electron chi connectivity index (χ1n) is 15.9. The number of hydrogen-bond donors (Lipinski definition) is 1. The van der Waals surface area contributed by atoms with Gasteiger partial charge in [-0.15, -0.1) is 0 Å². The van der Waals surface area contributed by atoms with Crippen molar-refractivity contribution in [2.45, 2.75) is 63.4 Å². The Morgan fingerprint density at radius 1 is 1.02 bits per heavy atom. The van der Waals surface area contributed by atoms with Crippen molar-refractivity contribution in [1.82, 2.24) is 25.1 Å². The Balaban J connectivity index is 0.863. The molecule has 3 amide bonds. The summed E-state index contributed by atoms with van der Waals surface area (Å²) in [5, 5.41) is 3.39. The molecule has 5 aliphatic rings. The number of anilines is 1. The number of aromatic nitrogens is 2. The van der Waals surface area contributed by atoms with Crippen LogP contribution in [0.1, 0.15) is 53.6 Å². The number of carbonyl (C=O) groups excluding carboxylic acids is 3. The maximum atomic E-state index is 13.0. The van der Waals surface area contributed by atoms with Gasteiger partial charge >= 0.3 is 0 Å². The first-order valence-corrected chi connectivity index (χ1v) is 15.9. The van der Waals surface area contributed by atoms with Crippen molar-refractivity contribution in [2.75, 3.05) is 31.1 Å². The highest BCUT2D eigenvalue weighted by Crippen LogP contribution is 2.32.